The van der Waals surface area contributed by atoms with Crippen LogP contribution < -0.4 is 9.80 Å². The summed E-state index contributed by atoms with van der Waals surface area (Å²) >= 11 is 1.29. The lowest BCUT2D eigenvalue weighted by Gasteiger charge is -2.32. The number of hydrogen-bond donors (Lipinski definition) is 0. The lowest BCUT2D eigenvalue weighted by molar-refractivity contribution is -0.128. The molecular formula is C19H16N2O3S. The Morgan fingerprint density at radius 3 is 2.36 bits per heavy atom. The molecule has 0 unspecified atom stereocenters. The maximum atomic E-state index is 13.4. The Morgan fingerprint density at radius 1 is 1.04 bits per heavy atom. The van der Waals surface area contributed by atoms with Crippen LogP contribution in [0.15, 0.2) is 54.6 Å². The normalized spacial score (nSPS) is 25.0. The highest BCUT2D eigenvalue weighted by Crippen LogP contribution is 2.57. The number of hydrogen-bond acceptors (Lipinski definition) is 4. The molecule has 0 aromatic heterocycles. The molecule has 0 bridgehead atoms. The van der Waals surface area contributed by atoms with Gasteiger partial charge in [-0.2, -0.15) is 0 Å². The summed E-state index contributed by atoms with van der Waals surface area (Å²) in [6, 6.07) is 16.3. The van der Waals surface area contributed by atoms with E-state index in [1.807, 2.05) is 42.5 Å². The highest BCUT2D eigenvalue weighted by molar-refractivity contribution is 8.03. The number of anilines is 2. The second-order valence-electron chi connectivity index (χ2n) is 6.09. The Morgan fingerprint density at radius 2 is 1.68 bits per heavy atom. The largest absolute Gasteiger partial charge is 0.283 e. The molecule has 0 N–H and O–H groups in total. The van der Waals surface area contributed by atoms with Gasteiger partial charge in [-0.3, -0.25) is 19.3 Å². The van der Waals surface area contributed by atoms with Crippen molar-refractivity contribution >= 4 is 40.9 Å². The molecule has 3 amide bonds. The number of amides is 3. The van der Waals surface area contributed by atoms with Crippen LogP contribution in [0.3, 0.4) is 0 Å². The van der Waals surface area contributed by atoms with Gasteiger partial charge in [0.15, 0.2) is 0 Å². The average molecular weight is 352 g/mol. The Bertz CT molecular complexity index is 899. The number of carbonyl (C=O) groups is 3. The number of carbonyl (C=O) groups excluding carboxylic acids is 3. The van der Waals surface area contributed by atoms with Crippen LogP contribution in [0.5, 0.6) is 0 Å². The number of para-hydroxylation sites is 2. The van der Waals surface area contributed by atoms with Gasteiger partial charge in [0.05, 0.1) is 10.9 Å². The summed E-state index contributed by atoms with van der Waals surface area (Å²) in [5.41, 5.74) is 1.88. The number of benzene rings is 2. The minimum Gasteiger partial charge on any atom is -0.283 e. The molecule has 4 rings (SSSR count). The van der Waals surface area contributed by atoms with Gasteiger partial charge in [0.1, 0.15) is 0 Å². The first-order valence-corrected chi connectivity index (χ1v) is 8.88. The molecule has 5 nitrogen and oxygen atoms in total. The predicted molar refractivity (Wildman–Crippen MR) is 97.3 cm³/mol. The van der Waals surface area contributed by atoms with Crippen molar-refractivity contribution in [2.24, 2.45) is 0 Å². The van der Waals surface area contributed by atoms with Crippen LogP contribution in [0.25, 0.3) is 0 Å². The zero-order chi connectivity index (χ0) is 17.8. The lowest BCUT2D eigenvalue weighted by atomic mass is 10.0. The van der Waals surface area contributed by atoms with Crippen LogP contribution in [0.4, 0.5) is 11.4 Å². The smallest absolute Gasteiger partial charge is 0.275 e. The highest BCUT2D eigenvalue weighted by atomic mass is 32.2. The third kappa shape index (κ3) is 2.00. The first-order valence-electron chi connectivity index (χ1n) is 8.00. The van der Waals surface area contributed by atoms with Crippen molar-refractivity contribution in [2.75, 3.05) is 9.80 Å². The molecule has 2 aliphatic heterocycles. The second kappa shape index (κ2) is 5.46. The molecule has 0 radical (unpaired) electrons. The molecule has 0 aliphatic carbocycles. The summed E-state index contributed by atoms with van der Waals surface area (Å²) in [7, 11) is 0. The maximum absolute atomic E-state index is 13.4. The molecule has 2 atom stereocenters. The molecule has 2 aromatic carbocycles. The van der Waals surface area contributed by atoms with Gasteiger partial charge >= 0.3 is 0 Å². The van der Waals surface area contributed by atoms with E-state index in [9.17, 15) is 14.4 Å². The minimum atomic E-state index is -1.24. The highest BCUT2D eigenvalue weighted by Gasteiger charge is 2.63. The third-order valence-corrected chi connectivity index (χ3v) is 6.04. The van der Waals surface area contributed by atoms with Crippen LogP contribution in [-0.4, -0.2) is 23.0 Å². The summed E-state index contributed by atoms with van der Waals surface area (Å²) in [5, 5.41) is -0.385. The molecule has 2 aliphatic rings. The Hall–Kier alpha value is -2.60. The first kappa shape index (κ1) is 15.9. The molecule has 1 fully saturated rings. The zero-order valence-corrected chi connectivity index (χ0v) is 14.6. The lowest BCUT2D eigenvalue weighted by Crippen LogP contribution is -2.50. The molecule has 1 saturated heterocycles. The van der Waals surface area contributed by atoms with Gasteiger partial charge in [0, 0.05) is 18.2 Å². The fourth-order valence-corrected chi connectivity index (χ4v) is 5.07. The SMILES string of the molecule is CC(=O)N1C(=O)[C@@]2(S[C@H](C)C(=O)N2c2ccccc2)c2ccccc21. The van der Waals surface area contributed by atoms with Crippen molar-refractivity contribution in [1.29, 1.82) is 0 Å². The molecule has 6 heteroatoms. The van der Waals surface area contributed by atoms with E-state index in [0.717, 1.165) is 0 Å². The summed E-state index contributed by atoms with van der Waals surface area (Å²) < 4.78 is 0. The first-order chi connectivity index (χ1) is 12.0. The van der Waals surface area contributed by atoms with Gasteiger partial charge in [-0.1, -0.05) is 36.4 Å². The third-order valence-electron chi connectivity index (χ3n) is 4.56. The van der Waals surface area contributed by atoms with Crippen molar-refractivity contribution in [3.8, 4) is 0 Å². The molecule has 0 saturated carbocycles. The molecule has 1 spiro atoms. The van der Waals surface area contributed by atoms with Crippen LogP contribution in [-0.2, 0) is 19.3 Å². The van der Waals surface area contributed by atoms with E-state index in [-0.39, 0.29) is 23.0 Å². The van der Waals surface area contributed by atoms with Crippen molar-refractivity contribution in [1.82, 2.24) is 0 Å². The number of thioether (sulfide) groups is 1. The molecule has 25 heavy (non-hydrogen) atoms. The second-order valence-corrected chi connectivity index (χ2v) is 7.62. The van der Waals surface area contributed by atoms with Crippen molar-refractivity contribution in [3.05, 3.63) is 60.2 Å². The maximum Gasteiger partial charge on any atom is 0.275 e. The van der Waals surface area contributed by atoms with E-state index in [0.29, 0.717) is 16.9 Å². The number of nitrogens with zero attached hydrogens (tertiary/aromatic N) is 2. The monoisotopic (exact) mass is 352 g/mol. The minimum absolute atomic E-state index is 0.134. The topological polar surface area (TPSA) is 57.7 Å². The Kier molecular flexibility index (Phi) is 3.47. The van der Waals surface area contributed by atoms with Crippen LogP contribution >= 0.6 is 11.8 Å². The van der Waals surface area contributed by atoms with E-state index >= 15 is 0 Å². The quantitative estimate of drug-likeness (QED) is 0.792. The van der Waals surface area contributed by atoms with Gasteiger partial charge < -0.3 is 0 Å². The summed E-state index contributed by atoms with van der Waals surface area (Å²) in [5.74, 6) is -0.868. The fraction of sp³-hybridized carbons (Fsp3) is 0.211. The fourth-order valence-electron chi connectivity index (χ4n) is 3.56. The van der Waals surface area contributed by atoms with Gasteiger partial charge in [-0.25, -0.2) is 4.90 Å². The summed E-state index contributed by atoms with van der Waals surface area (Å²) in [4.78, 5) is 40.0. The van der Waals surface area contributed by atoms with E-state index in [4.69, 9.17) is 0 Å². The Labute approximate surface area is 149 Å². The van der Waals surface area contributed by atoms with Crippen LogP contribution in [0.1, 0.15) is 19.4 Å². The number of fused-ring (bicyclic) bond motifs is 2. The van der Waals surface area contributed by atoms with E-state index < -0.39 is 4.87 Å². The van der Waals surface area contributed by atoms with Crippen LogP contribution in [0.2, 0.25) is 0 Å². The van der Waals surface area contributed by atoms with Crippen LogP contribution in [0, 0.1) is 0 Å². The van der Waals surface area contributed by atoms with Gasteiger partial charge in [-0.15, -0.1) is 11.8 Å². The van der Waals surface area contributed by atoms with E-state index in [1.165, 1.54) is 23.6 Å². The van der Waals surface area contributed by atoms with Crippen molar-refractivity contribution in [2.45, 2.75) is 24.0 Å². The summed E-state index contributed by atoms with van der Waals surface area (Å²) in [6.45, 7) is 3.16. The van der Waals surface area contributed by atoms with Gasteiger partial charge in [-0.05, 0) is 25.1 Å². The molecule has 2 aromatic rings. The van der Waals surface area contributed by atoms with Crippen molar-refractivity contribution < 1.29 is 14.4 Å². The molecule has 2 heterocycles. The number of rotatable bonds is 1. The van der Waals surface area contributed by atoms with E-state index in [2.05, 4.69) is 0 Å². The molecule has 126 valence electrons. The standard InChI is InChI=1S/C19H16N2O3S/c1-12-17(23)21(14-8-4-3-5-9-14)19(25-12)15-10-6-7-11-16(15)20(13(2)22)18(19)24/h3-12H,1-2H3/t12-,19+/m1/s1. The zero-order valence-electron chi connectivity index (χ0n) is 13.8. The van der Waals surface area contributed by atoms with E-state index in [1.54, 1.807) is 24.0 Å². The average Bonchev–Trinajstić information content (AvgIpc) is 3.01. The predicted octanol–water partition coefficient (Wildman–Crippen LogP) is 2.90. The molecular weight excluding hydrogens is 336 g/mol. The van der Waals surface area contributed by atoms with Crippen molar-refractivity contribution in [3.63, 3.8) is 0 Å². The number of imide groups is 1. The summed E-state index contributed by atoms with van der Waals surface area (Å²) in [6.07, 6.45) is 0. The van der Waals surface area contributed by atoms with Gasteiger partial charge in [0.25, 0.3) is 5.91 Å². The Balaban J connectivity index is 2.00. The van der Waals surface area contributed by atoms with Gasteiger partial charge in [0.2, 0.25) is 16.7 Å².